The van der Waals surface area contributed by atoms with Crippen molar-refractivity contribution >= 4 is 33.8 Å². The van der Waals surface area contributed by atoms with E-state index < -0.39 is 0 Å². The molecule has 2 N–H and O–H groups in total. The van der Waals surface area contributed by atoms with Gasteiger partial charge in [0.25, 0.3) is 0 Å². The van der Waals surface area contributed by atoms with Crippen LogP contribution in [0.2, 0.25) is 0 Å². The third-order valence-electron chi connectivity index (χ3n) is 4.85. The predicted molar refractivity (Wildman–Crippen MR) is 103 cm³/mol. The number of fused-ring (bicyclic) bond motifs is 2. The molecule has 5 rings (SSSR count). The summed E-state index contributed by atoms with van der Waals surface area (Å²) in [5, 5.41) is 2.12. The Morgan fingerprint density at radius 3 is 2.81 bits per heavy atom. The number of aldehydes is 1. The number of nitrogens with one attached hydrogen (secondary N) is 2. The molecule has 2 aromatic heterocycles. The van der Waals surface area contributed by atoms with Gasteiger partial charge in [-0.15, -0.1) is 0 Å². The van der Waals surface area contributed by atoms with E-state index in [1.165, 1.54) is 23.0 Å². The summed E-state index contributed by atoms with van der Waals surface area (Å²) in [5.41, 5.74) is 3.03. The topological polar surface area (TPSA) is 51.9 Å². The van der Waals surface area contributed by atoms with Gasteiger partial charge in [-0.25, -0.2) is 4.39 Å². The zero-order chi connectivity index (χ0) is 17.9. The van der Waals surface area contributed by atoms with Crippen LogP contribution in [0.15, 0.2) is 60.9 Å². The van der Waals surface area contributed by atoms with E-state index in [0.29, 0.717) is 0 Å². The van der Waals surface area contributed by atoms with Gasteiger partial charge in [-0.05, 0) is 48.6 Å². The lowest BCUT2D eigenvalue weighted by Crippen LogP contribution is -2.29. The van der Waals surface area contributed by atoms with Crippen molar-refractivity contribution in [2.24, 2.45) is 0 Å². The van der Waals surface area contributed by atoms with Crippen LogP contribution in [0.4, 0.5) is 10.1 Å². The number of carbonyl (C=O) groups excluding carboxylic acids is 1. The molecular formula is C21H20FN3O. The van der Waals surface area contributed by atoms with Gasteiger partial charge in [0, 0.05) is 35.4 Å². The molecule has 26 heavy (non-hydrogen) atoms. The van der Waals surface area contributed by atoms with Crippen LogP contribution in [-0.4, -0.2) is 28.8 Å². The molecule has 0 radical (unpaired) electrons. The van der Waals surface area contributed by atoms with Crippen molar-refractivity contribution in [2.45, 2.75) is 18.9 Å². The van der Waals surface area contributed by atoms with Gasteiger partial charge < -0.3 is 19.7 Å². The molecule has 1 fully saturated rings. The van der Waals surface area contributed by atoms with Gasteiger partial charge in [-0.1, -0.05) is 18.2 Å². The van der Waals surface area contributed by atoms with Crippen molar-refractivity contribution < 1.29 is 9.18 Å². The molecule has 0 unspecified atom stereocenters. The highest BCUT2D eigenvalue weighted by Gasteiger charge is 2.25. The van der Waals surface area contributed by atoms with Crippen molar-refractivity contribution in [2.75, 3.05) is 11.4 Å². The van der Waals surface area contributed by atoms with Gasteiger partial charge in [-0.2, -0.15) is 0 Å². The van der Waals surface area contributed by atoms with Gasteiger partial charge in [0.2, 0.25) is 0 Å². The highest BCUT2D eigenvalue weighted by Crippen LogP contribution is 2.32. The van der Waals surface area contributed by atoms with E-state index >= 15 is 0 Å². The summed E-state index contributed by atoms with van der Waals surface area (Å²) in [7, 11) is 0. The third-order valence-corrected chi connectivity index (χ3v) is 4.85. The minimum Gasteiger partial charge on any atom is -0.361 e. The van der Waals surface area contributed by atoms with Crippen molar-refractivity contribution in [1.29, 1.82) is 0 Å². The van der Waals surface area contributed by atoms with E-state index in [4.69, 9.17) is 0 Å². The summed E-state index contributed by atoms with van der Waals surface area (Å²) in [6, 6.07) is 14.9. The molecule has 3 heterocycles. The van der Waals surface area contributed by atoms with Gasteiger partial charge in [-0.3, -0.25) is 0 Å². The van der Waals surface area contributed by atoms with Gasteiger partial charge in [0.15, 0.2) is 0 Å². The number of hydrogen-bond acceptors (Lipinski definition) is 2. The SMILES string of the molecule is O=C[C@H]1CCCN1c1c[nH]c2ccc(F)cc12.c1ccc2[nH]ccc2c1. The lowest BCUT2D eigenvalue weighted by atomic mass is 10.2. The second-order valence-electron chi connectivity index (χ2n) is 6.47. The first-order valence-electron chi connectivity index (χ1n) is 8.77. The maximum absolute atomic E-state index is 13.3. The third kappa shape index (κ3) is 3.08. The summed E-state index contributed by atoms with van der Waals surface area (Å²) in [4.78, 5) is 19.3. The van der Waals surface area contributed by atoms with E-state index in [9.17, 15) is 9.18 Å². The number of anilines is 1. The van der Waals surface area contributed by atoms with Crippen molar-refractivity contribution in [1.82, 2.24) is 9.97 Å². The standard InChI is InChI=1S/C13H13FN2O.C8H7N/c14-9-3-4-12-11(6-9)13(7-15-12)16-5-1-2-10(16)8-17;1-2-4-8-7(3-1)5-6-9-8/h3-4,6-8,10,15H,1-2,5H2;1-6,9H/t10-;/m1./s1. The molecule has 0 spiro atoms. The number of rotatable bonds is 2. The summed E-state index contributed by atoms with van der Waals surface area (Å²) < 4.78 is 13.3. The number of nitrogens with zero attached hydrogens (tertiary/aromatic N) is 1. The first-order chi connectivity index (χ1) is 12.8. The zero-order valence-corrected chi connectivity index (χ0v) is 14.3. The average Bonchev–Trinajstić information content (AvgIpc) is 3.40. The van der Waals surface area contributed by atoms with Gasteiger partial charge in [0.1, 0.15) is 12.1 Å². The number of para-hydroxylation sites is 1. The maximum atomic E-state index is 13.3. The second-order valence-corrected chi connectivity index (χ2v) is 6.47. The van der Waals surface area contributed by atoms with Crippen LogP contribution in [0.3, 0.4) is 0 Å². The predicted octanol–water partition coefficient (Wildman–Crippen LogP) is 4.64. The fourth-order valence-electron chi connectivity index (χ4n) is 3.54. The molecule has 0 amide bonds. The van der Waals surface area contributed by atoms with Crippen LogP contribution in [-0.2, 0) is 4.79 Å². The number of H-pyrrole nitrogens is 2. The van der Waals surface area contributed by atoms with E-state index in [1.807, 2.05) is 29.4 Å². The van der Waals surface area contributed by atoms with Crippen LogP contribution in [0, 0.1) is 5.82 Å². The lowest BCUT2D eigenvalue weighted by molar-refractivity contribution is -0.108. The Kier molecular flexibility index (Phi) is 4.44. The molecule has 132 valence electrons. The Labute approximate surface area is 150 Å². The average molecular weight is 349 g/mol. The fourth-order valence-corrected chi connectivity index (χ4v) is 3.54. The molecular weight excluding hydrogens is 329 g/mol. The van der Waals surface area contributed by atoms with E-state index in [1.54, 1.807) is 6.07 Å². The molecule has 1 atom stereocenters. The smallest absolute Gasteiger partial charge is 0.142 e. The molecule has 1 aliphatic rings. The summed E-state index contributed by atoms with van der Waals surface area (Å²) in [6.45, 7) is 0.854. The molecule has 1 aliphatic heterocycles. The first-order valence-corrected chi connectivity index (χ1v) is 8.77. The Bertz CT molecular complexity index is 1010. The summed E-state index contributed by atoms with van der Waals surface area (Å²) in [6.07, 6.45) is 6.67. The van der Waals surface area contributed by atoms with Crippen molar-refractivity contribution in [3.8, 4) is 0 Å². The number of aromatic nitrogens is 2. The number of hydrogen-bond donors (Lipinski definition) is 2. The lowest BCUT2D eigenvalue weighted by Gasteiger charge is -2.21. The Hall–Kier alpha value is -3.08. The van der Waals surface area contributed by atoms with E-state index in [-0.39, 0.29) is 11.9 Å². The molecule has 4 aromatic rings. The Morgan fingerprint density at radius 1 is 1.08 bits per heavy atom. The molecule has 2 aromatic carbocycles. The maximum Gasteiger partial charge on any atom is 0.142 e. The molecule has 0 bridgehead atoms. The summed E-state index contributed by atoms with van der Waals surface area (Å²) >= 11 is 0. The van der Waals surface area contributed by atoms with E-state index in [0.717, 1.165) is 42.3 Å². The van der Waals surface area contributed by atoms with Crippen molar-refractivity contribution in [3.63, 3.8) is 0 Å². The monoisotopic (exact) mass is 349 g/mol. The highest BCUT2D eigenvalue weighted by molar-refractivity contribution is 5.94. The molecule has 5 heteroatoms. The summed E-state index contributed by atoms with van der Waals surface area (Å²) in [5.74, 6) is -0.250. The number of halogens is 1. The molecule has 1 saturated heterocycles. The number of aromatic amines is 2. The Morgan fingerprint density at radius 2 is 1.96 bits per heavy atom. The number of carbonyl (C=O) groups is 1. The van der Waals surface area contributed by atoms with Crippen molar-refractivity contribution in [3.05, 3.63) is 66.7 Å². The van der Waals surface area contributed by atoms with Crippen LogP contribution < -0.4 is 4.90 Å². The number of benzene rings is 2. The van der Waals surface area contributed by atoms with Crippen LogP contribution in [0.5, 0.6) is 0 Å². The van der Waals surface area contributed by atoms with Gasteiger partial charge >= 0.3 is 0 Å². The molecule has 0 saturated carbocycles. The normalized spacial score (nSPS) is 16.7. The first kappa shape index (κ1) is 16.4. The minimum absolute atomic E-state index is 0.0720. The quantitative estimate of drug-likeness (QED) is 0.518. The fraction of sp³-hybridized carbons (Fsp3) is 0.190. The Balaban J connectivity index is 0.000000157. The highest BCUT2D eigenvalue weighted by atomic mass is 19.1. The van der Waals surface area contributed by atoms with Crippen LogP contribution in [0.1, 0.15) is 12.8 Å². The van der Waals surface area contributed by atoms with Gasteiger partial charge in [0.05, 0.1) is 11.7 Å². The minimum atomic E-state index is -0.250. The molecule has 0 aliphatic carbocycles. The largest absolute Gasteiger partial charge is 0.361 e. The van der Waals surface area contributed by atoms with E-state index in [2.05, 4.69) is 28.2 Å². The van der Waals surface area contributed by atoms with Crippen LogP contribution in [0.25, 0.3) is 21.8 Å². The second kappa shape index (κ2) is 7.04. The zero-order valence-electron chi connectivity index (χ0n) is 14.3. The van der Waals surface area contributed by atoms with Crippen LogP contribution >= 0.6 is 0 Å². The molecule has 4 nitrogen and oxygen atoms in total.